The highest BCUT2D eigenvalue weighted by Crippen LogP contribution is 2.28. The Morgan fingerprint density at radius 3 is 2.70 bits per heavy atom. The van der Waals surface area contributed by atoms with Gasteiger partial charge >= 0.3 is 6.03 Å². The monoisotopic (exact) mass is 330 g/mol. The lowest BCUT2D eigenvalue weighted by atomic mass is 10.1. The Morgan fingerprint density at radius 2 is 2.00 bits per heavy atom. The van der Waals surface area contributed by atoms with Gasteiger partial charge < -0.3 is 4.42 Å². The van der Waals surface area contributed by atoms with Crippen LogP contribution in [-0.2, 0) is 9.59 Å². The van der Waals surface area contributed by atoms with E-state index in [1.165, 1.54) is 18.4 Å². The van der Waals surface area contributed by atoms with Gasteiger partial charge in [0.2, 0.25) is 0 Å². The minimum atomic E-state index is -0.818. The number of nitrogens with zero attached hydrogens (tertiary/aromatic N) is 1. The molecule has 2 heterocycles. The van der Waals surface area contributed by atoms with E-state index in [1.54, 1.807) is 31.2 Å². The predicted octanol–water partition coefficient (Wildman–Crippen LogP) is 2.91. The number of imide groups is 2. The first-order chi connectivity index (χ1) is 11.0. The number of carbonyl (C=O) groups excluding carboxylic acids is 3. The summed E-state index contributed by atoms with van der Waals surface area (Å²) in [7, 11) is 0. The molecule has 1 saturated heterocycles. The molecule has 0 bridgehead atoms. The molecule has 1 aliphatic rings. The average Bonchev–Trinajstić information content (AvgIpc) is 3.00. The zero-order valence-electron chi connectivity index (χ0n) is 12.0. The van der Waals surface area contributed by atoms with Crippen LogP contribution in [0.3, 0.4) is 0 Å². The summed E-state index contributed by atoms with van der Waals surface area (Å²) in [5, 5.41) is 2.52. The summed E-state index contributed by atoms with van der Waals surface area (Å²) in [6.07, 6.45) is 2.71. The Balaban J connectivity index is 2.07. The number of barbiturate groups is 1. The van der Waals surface area contributed by atoms with E-state index in [0.717, 1.165) is 4.90 Å². The van der Waals surface area contributed by atoms with Crippen molar-refractivity contribution in [2.24, 2.45) is 0 Å². The molecule has 1 aromatic heterocycles. The predicted molar refractivity (Wildman–Crippen MR) is 83.9 cm³/mol. The summed E-state index contributed by atoms with van der Waals surface area (Å²) < 4.78 is 5.11. The smallest absolute Gasteiger partial charge is 0.335 e. The van der Waals surface area contributed by atoms with E-state index in [2.05, 4.69) is 5.32 Å². The number of rotatable bonds is 2. The number of amides is 4. The molecular formula is C16H11ClN2O4. The van der Waals surface area contributed by atoms with E-state index in [0.29, 0.717) is 22.0 Å². The highest BCUT2D eigenvalue weighted by molar-refractivity contribution is 6.39. The fraction of sp³-hybridized carbons (Fsp3) is 0.0625. The van der Waals surface area contributed by atoms with Crippen LogP contribution in [0.1, 0.15) is 11.3 Å². The quantitative estimate of drug-likeness (QED) is 0.678. The van der Waals surface area contributed by atoms with Crippen molar-refractivity contribution in [3.05, 3.63) is 58.5 Å². The van der Waals surface area contributed by atoms with Crippen molar-refractivity contribution in [2.45, 2.75) is 6.92 Å². The van der Waals surface area contributed by atoms with Crippen LogP contribution in [0.2, 0.25) is 5.02 Å². The van der Waals surface area contributed by atoms with E-state index in [4.69, 9.17) is 16.0 Å². The van der Waals surface area contributed by atoms with E-state index >= 15 is 0 Å². The largest absolute Gasteiger partial charge is 0.465 e. The maximum atomic E-state index is 12.6. The van der Waals surface area contributed by atoms with E-state index in [9.17, 15) is 14.4 Å². The standard InChI is InChI=1S/C16H11ClN2O4/c1-9-4-5-10(17)7-13(9)19-15(21)12(14(20)18-16(19)22)8-11-3-2-6-23-11/h2-8H,1H3,(H,18,20,22)/b12-8+. The fourth-order valence-electron chi connectivity index (χ4n) is 2.22. The summed E-state index contributed by atoms with van der Waals surface area (Å²) in [6.45, 7) is 1.73. The molecule has 1 aromatic carbocycles. The first-order valence-electron chi connectivity index (χ1n) is 6.68. The van der Waals surface area contributed by atoms with Gasteiger partial charge in [0.05, 0.1) is 12.0 Å². The van der Waals surface area contributed by atoms with Gasteiger partial charge in [0.1, 0.15) is 11.3 Å². The van der Waals surface area contributed by atoms with Crippen LogP contribution >= 0.6 is 11.6 Å². The molecule has 0 saturated carbocycles. The Hall–Kier alpha value is -2.86. The molecular weight excluding hydrogens is 320 g/mol. The van der Waals surface area contributed by atoms with Gasteiger partial charge in [-0.3, -0.25) is 14.9 Å². The second-order valence-corrected chi connectivity index (χ2v) is 5.34. The van der Waals surface area contributed by atoms with Gasteiger partial charge in [-0.1, -0.05) is 17.7 Å². The van der Waals surface area contributed by atoms with Gasteiger partial charge in [0.15, 0.2) is 0 Å². The Labute approximate surface area is 136 Å². The van der Waals surface area contributed by atoms with E-state index < -0.39 is 17.8 Å². The number of hydrogen-bond donors (Lipinski definition) is 1. The van der Waals surface area contributed by atoms with Gasteiger partial charge in [0, 0.05) is 5.02 Å². The first-order valence-corrected chi connectivity index (χ1v) is 7.06. The molecule has 1 N–H and O–H groups in total. The molecule has 0 aliphatic carbocycles. The normalized spacial score (nSPS) is 16.9. The van der Waals surface area contributed by atoms with Crippen LogP contribution in [0.4, 0.5) is 10.5 Å². The fourth-order valence-corrected chi connectivity index (χ4v) is 2.38. The lowest BCUT2D eigenvalue weighted by Crippen LogP contribution is -2.54. The summed E-state index contributed by atoms with van der Waals surface area (Å²) in [4.78, 5) is 37.6. The minimum Gasteiger partial charge on any atom is -0.465 e. The van der Waals surface area contributed by atoms with Crippen molar-refractivity contribution in [3.63, 3.8) is 0 Å². The third kappa shape index (κ3) is 2.76. The summed E-state index contributed by atoms with van der Waals surface area (Å²) in [5.41, 5.74) is 0.793. The Kier molecular flexibility index (Phi) is 3.75. The Morgan fingerprint density at radius 1 is 1.22 bits per heavy atom. The summed E-state index contributed by atoms with van der Waals surface area (Å²) in [5.74, 6) is -1.17. The number of halogens is 1. The maximum Gasteiger partial charge on any atom is 0.335 e. The molecule has 6 nitrogen and oxygen atoms in total. The van der Waals surface area contributed by atoms with Crippen LogP contribution in [0.5, 0.6) is 0 Å². The number of anilines is 1. The molecule has 1 fully saturated rings. The van der Waals surface area contributed by atoms with Crippen LogP contribution < -0.4 is 10.2 Å². The zero-order valence-corrected chi connectivity index (χ0v) is 12.8. The third-order valence-electron chi connectivity index (χ3n) is 3.34. The number of aryl methyl sites for hydroxylation is 1. The number of carbonyl (C=O) groups is 3. The lowest BCUT2D eigenvalue weighted by Gasteiger charge is -2.27. The van der Waals surface area contributed by atoms with E-state index in [1.807, 2.05) is 0 Å². The molecule has 0 spiro atoms. The van der Waals surface area contributed by atoms with Crippen molar-refractivity contribution >= 4 is 41.2 Å². The second kappa shape index (κ2) is 5.73. The van der Waals surface area contributed by atoms with E-state index in [-0.39, 0.29) is 5.57 Å². The average molecular weight is 331 g/mol. The molecule has 0 radical (unpaired) electrons. The molecule has 23 heavy (non-hydrogen) atoms. The SMILES string of the molecule is Cc1ccc(Cl)cc1N1C(=O)NC(=O)/C(=C\c2ccco2)C1=O. The van der Waals surface area contributed by atoms with Crippen molar-refractivity contribution < 1.29 is 18.8 Å². The number of urea groups is 1. The third-order valence-corrected chi connectivity index (χ3v) is 3.58. The molecule has 0 atom stereocenters. The van der Waals surface area contributed by atoms with Gasteiger partial charge in [-0.15, -0.1) is 0 Å². The number of benzene rings is 1. The van der Waals surface area contributed by atoms with Crippen molar-refractivity contribution in [1.82, 2.24) is 5.32 Å². The zero-order chi connectivity index (χ0) is 16.6. The Bertz CT molecular complexity index is 840. The minimum absolute atomic E-state index is 0.195. The van der Waals surface area contributed by atoms with Crippen LogP contribution in [0, 0.1) is 6.92 Å². The lowest BCUT2D eigenvalue weighted by molar-refractivity contribution is -0.122. The molecule has 3 rings (SSSR count). The molecule has 0 unspecified atom stereocenters. The highest BCUT2D eigenvalue weighted by Gasteiger charge is 2.37. The van der Waals surface area contributed by atoms with Gasteiger partial charge in [-0.05, 0) is 42.8 Å². The number of hydrogen-bond acceptors (Lipinski definition) is 4. The highest BCUT2D eigenvalue weighted by atomic mass is 35.5. The van der Waals surface area contributed by atoms with Crippen molar-refractivity contribution in [3.8, 4) is 0 Å². The summed E-state index contributed by atoms with van der Waals surface area (Å²) >= 11 is 5.95. The maximum absolute atomic E-state index is 12.6. The topological polar surface area (TPSA) is 79.6 Å². The molecule has 2 aromatic rings. The summed E-state index contributed by atoms with van der Waals surface area (Å²) in [6, 6.07) is 7.24. The number of nitrogens with one attached hydrogen (secondary N) is 1. The molecule has 1 aliphatic heterocycles. The second-order valence-electron chi connectivity index (χ2n) is 4.90. The van der Waals surface area contributed by atoms with Crippen molar-refractivity contribution in [1.29, 1.82) is 0 Å². The van der Waals surface area contributed by atoms with Crippen LogP contribution in [-0.4, -0.2) is 17.8 Å². The van der Waals surface area contributed by atoms with Crippen LogP contribution in [0.15, 0.2) is 46.6 Å². The molecule has 116 valence electrons. The van der Waals surface area contributed by atoms with Crippen molar-refractivity contribution in [2.75, 3.05) is 4.90 Å². The number of furan rings is 1. The van der Waals surface area contributed by atoms with Gasteiger partial charge in [-0.2, -0.15) is 0 Å². The first kappa shape index (κ1) is 15.1. The molecule has 4 amide bonds. The molecule has 7 heteroatoms. The van der Waals surface area contributed by atoms with Gasteiger partial charge in [-0.25, -0.2) is 9.69 Å². The van der Waals surface area contributed by atoms with Gasteiger partial charge in [0.25, 0.3) is 11.8 Å². The van der Waals surface area contributed by atoms with Crippen LogP contribution in [0.25, 0.3) is 6.08 Å².